The van der Waals surface area contributed by atoms with Gasteiger partial charge in [0.1, 0.15) is 0 Å². The van der Waals surface area contributed by atoms with Gasteiger partial charge in [-0.1, -0.05) is 12.1 Å². The number of fused-ring (bicyclic) bond motifs is 1. The summed E-state index contributed by atoms with van der Waals surface area (Å²) < 4.78 is 0. The number of amides is 1. The van der Waals surface area contributed by atoms with E-state index in [1.807, 2.05) is 24.3 Å². The first-order chi connectivity index (χ1) is 9.25. The Balaban J connectivity index is 0.00000110. The molecule has 3 rings (SSSR count). The minimum absolute atomic E-state index is 0. The van der Waals surface area contributed by atoms with Crippen molar-refractivity contribution in [2.24, 2.45) is 11.7 Å². The number of carbonyl (C=O) groups is 1. The van der Waals surface area contributed by atoms with Gasteiger partial charge < -0.3 is 11.1 Å². The lowest BCUT2D eigenvalue weighted by atomic mass is 10.1. The third kappa shape index (κ3) is 4.06. The average Bonchev–Trinajstić information content (AvgIpc) is 3.28. The minimum Gasteiger partial charge on any atom is -0.350 e. The van der Waals surface area contributed by atoms with Crippen molar-refractivity contribution in [3.63, 3.8) is 0 Å². The zero-order valence-electron chi connectivity index (χ0n) is 11.5. The fourth-order valence-corrected chi connectivity index (χ4v) is 2.32. The maximum Gasteiger partial charge on any atom is 0.251 e. The molecule has 21 heavy (non-hydrogen) atoms. The number of rotatable bonds is 4. The van der Waals surface area contributed by atoms with E-state index in [2.05, 4.69) is 10.3 Å². The number of hydrogen-bond donors (Lipinski definition) is 2. The molecular weight excluding hydrogens is 309 g/mol. The first-order valence-corrected chi connectivity index (χ1v) is 6.62. The van der Waals surface area contributed by atoms with Crippen molar-refractivity contribution >= 4 is 41.5 Å². The largest absolute Gasteiger partial charge is 0.350 e. The highest BCUT2D eigenvalue weighted by Gasteiger charge is 2.28. The predicted octanol–water partition coefficient (Wildman–Crippen LogP) is 2.55. The lowest BCUT2D eigenvalue weighted by Crippen LogP contribution is -2.38. The lowest BCUT2D eigenvalue weighted by molar-refractivity contribution is 0.0952. The van der Waals surface area contributed by atoms with Crippen LogP contribution in [0.25, 0.3) is 10.8 Å². The molecule has 0 aliphatic heterocycles. The summed E-state index contributed by atoms with van der Waals surface area (Å²) in [6.07, 6.45) is 5.85. The highest BCUT2D eigenvalue weighted by Crippen LogP contribution is 2.31. The maximum atomic E-state index is 12.2. The van der Waals surface area contributed by atoms with Gasteiger partial charge in [-0.15, -0.1) is 24.8 Å². The second kappa shape index (κ2) is 7.59. The van der Waals surface area contributed by atoms with Crippen LogP contribution in [0.5, 0.6) is 0 Å². The molecule has 1 aliphatic rings. The Bertz CT molecular complexity index is 611. The highest BCUT2D eigenvalue weighted by molar-refractivity contribution is 6.06. The highest BCUT2D eigenvalue weighted by atomic mass is 35.5. The number of halogens is 2. The van der Waals surface area contributed by atoms with Crippen molar-refractivity contribution in [2.75, 3.05) is 6.54 Å². The molecule has 1 aliphatic carbocycles. The van der Waals surface area contributed by atoms with E-state index in [0.717, 1.165) is 10.8 Å². The number of pyridine rings is 1. The quantitative estimate of drug-likeness (QED) is 0.906. The van der Waals surface area contributed by atoms with Crippen LogP contribution in [0.1, 0.15) is 23.2 Å². The summed E-state index contributed by atoms with van der Waals surface area (Å²) in [5.41, 5.74) is 6.68. The SMILES string of the molecule is Cl.Cl.NC(CNC(=O)c1cccc2cnccc12)C1CC1. The topological polar surface area (TPSA) is 68.0 Å². The summed E-state index contributed by atoms with van der Waals surface area (Å²) >= 11 is 0. The van der Waals surface area contributed by atoms with Crippen LogP contribution in [0.3, 0.4) is 0 Å². The molecule has 1 atom stereocenters. The van der Waals surface area contributed by atoms with E-state index >= 15 is 0 Å². The maximum absolute atomic E-state index is 12.2. The molecule has 1 amide bonds. The summed E-state index contributed by atoms with van der Waals surface area (Å²) in [5, 5.41) is 4.83. The predicted molar refractivity (Wildman–Crippen MR) is 89.3 cm³/mol. The molecule has 1 unspecified atom stereocenters. The van der Waals surface area contributed by atoms with Crippen LogP contribution in [0, 0.1) is 5.92 Å². The Labute approximate surface area is 136 Å². The van der Waals surface area contributed by atoms with Gasteiger partial charge in [-0.3, -0.25) is 9.78 Å². The molecule has 0 spiro atoms. The third-order valence-corrected chi connectivity index (χ3v) is 3.65. The van der Waals surface area contributed by atoms with E-state index in [9.17, 15) is 4.79 Å². The van der Waals surface area contributed by atoms with Gasteiger partial charge in [-0.25, -0.2) is 0 Å². The van der Waals surface area contributed by atoms with Crippen molar-refractivity contribution in [3.05, 3.63) is 42.2 Å². The first kappa shape index (κ1) is 17.7. The zero-order chi connectivity index (χ0) is 13.2. The molecule has 0 bridgehead atoms. The van der Waals surface area contributed by atoms with Crippen LogP contribution in [0.15, 0.2) is 36.7 Å². The fraction of sp³-hybridized carbons (Fsp3) is 0.333. The molecule has 6 heteroatoms. The van der Waals surface area contributed by atoms with Crippen molar-refractivity contribution < 1.29 is 4.79 Å². The Morgan fingerprint density at radius 2 is 2.10 bits per heavy atom. The molecule has 0 saturated heterocycles. The molecule has 114 valence electrons. The van der Waals surface area contributed by atoms with Crippen LogP contribution in [0.2, 0.25) is 0 Å². The van der Waals surface area contributed by atoms with Crippen molar-refractivity contribution in [1.82, 2.24) is 10.3 Å². The Hall–Kier alpha value is -1.36. The van der Waals surface area contributed by atoms with E-state index in [1.165, 1.54) is 12.8 Å². The first-order valence-electron chi connectivity index (χ1n) is 6.62. The number of carbonyl (C=O) groups excluding carboxylic acids is 1. The van der Waals surface area contributed by atoms with Gasteiger partial charge in [0.25, 0.3) is 5.91 Å². The Kier molecular flexibility index (Phi) is 6.40. The molecular formula is C15H19Cl2N3O. The van der Waals surface area contributed by atoms with Gasteiger partial charge in [0.05, 0.1) is 0 Å². The number of benzene rings is 1. The number of nitrogens with zero attached hydrogens (tertiary/aromatic N) is 1. The van der Waals surface area contributed by atoms with Crippen LogP contribution >= 0.6 is 24.8 Å². The van der Waals surface area contributed by atoms with E-state index in [1.54, 1.807) is 12.4 Å². The standard InChI is InChI=1S/C15H17N3O.2ClH/c16-14(10-4-5-10)9-18-15(19)13-3-1-2-11-8-17-7-6-12(11)13;;/h1-3,6-8,10,14H,4-5,9,16H2,(H,18,19);2*1H. The molecule has 1 aromatic carbocycles. The second-order valence-electron chi connectivity index (χ2n) is 5.11. The van der Waals surface area contributed by atoms with Crippen molar-refractivity contribution in [2.45, 2.75) is 18.9 Å². The number of nitrogens with two attached hydrogens (primary N) is 1. The number of nitrogens with one attached hydrogen (secondary N) is 1. The molecule has 4 nitrogen and oxygen atoms in total. The van der Waals surface area contributed by atoms with Crippen LogP contribution in [-0.4, -0.2) is 23.5 Å². The van der Waals surface area contributed by atoms with Gasteiger partial charge >= 0.3 is 0 Å². The third-order valence-electron chi connectivity index (χ3n) is 3.65. The van der Waals surface area contributed by atoms with E-state index in [4.69, 9.17) is 5.73 Å². The second-order valence-corrected chi connectivity index (χ2v) is 5.11. The summed E-state index contributed by atoms with van der Waals surface area (Å²) in [6, 6.07) is 7.61. The minimum atomic E-state index is -0.0621. The van der Waals surface area contributed by atoms with E-state index < -0.39 is 0 Å². The molecule has 1 heterocycles. The van der Waals surface area contributed by atoms with E-state index in [-0.39, 0.29) is 36.8 Å². The molecule has 1 saturated carbocycles. The van der Waals surface area contributed by atoms with Crippen LogP contribution in [0.4, 0.5) is 0 Å². The van der Waals surface area contributed by atoms with Crippen molar-refractivity contribution in [1.29, 1.82) is 0 Å². The average molecular weight is 328 g/mol. The summed E-state index contributed by atoms with van der Waals surface area (Å²) in [5.74, 6) is 0.532. The van der Waals surface area contributed by atoms with Crippen molar-refractivity contribution in [3.8, 4) is 0 Å². The molecule has 2 aromatic rings. The normalized spacial score (nSPS) is 14.7. The fourth-order valence-electron chi connectivity index (χ4n) is 2.32. The number of hydrogen-bond acceptors (Lipinski definition) is 3. The Morgan fingerprint density at radius 3 is 2.81 bits per heavy atom. The van der Waals surface area contributed by atoms with Gasteiger partial charge in [0.2, 0.25) is 0 Å². The molecule has 0 radical (unpaired) electrons. The van der Waals surface area contributed by atoms with Gasteiger partial charge in [0.15, 0.2) is 0 Å². The zero-order valence-corrected chi connectivity index (χ0v) is 13.1. The monoisotopic (exact) mass is 327 g/mol. The molecule has 1 fully saturated rings. The molecule has 3 N–H and O–H groups in total. The number of aromatic nitrogens is 1. The van der Waals surface area contributed by atoms with Gasteiger partial charge in [-0.2, -0.15) is 0 Å². The lowest BCUT2D eigenvalue weighted by Gasteiger charge is -2.12. The Morgan fingerprint density at radius 1 is 1.33 bits per heavy atom. The molecule has 1 aromatic heterocycles. The van der Waals surface area contributed by atoms with Gasteiger partial charge in [0, 0.05) is 35.9 Å². The van der Waals surface area contributed by atoms with Gasteiger partial charge in [-0.05, 0) is 36.3 Å². The van der Waals surface area contributed by atoms with E-state index in [0.29, 0.717) is 18.0 Å². The van der Waals surface area contributed by atoms with Crippen LogP contribution < -0.4 is 11.1 Å². The summed E-state index contributed by atoms with van der Waals surface area (Å²) in [6.45, 7) is 0.547. The smallest absolute Gasteiger partial charge is 0.251 e. The summed E-state index contributed by atoms with van der Waals surface area (Å²) in [7, 11) is 0. The summed E-state index contributed by atoms with van der Waals surface area (Å²) in [4.78, 5) is 16.3. The van der Waals surface area contributed by atoms with Crippen LogP contribution in [-0.2, 0) is 0 Å².